The van der Waals surface area contributed by atoms with Crippen LogP contribution in [0.5, 0.6) is 0 Å². The lowest BCUT2D eigenvalue weighted by Gasteiger charge is -2.25. The second-order valence-electron chi connectivity index (χ2n) is 9.85. The molecule has 5 rings (SSSR count). The number of benzene rings is 4. The third-order valence-corrected chi connectivity index (χ3v) is 6.62. The van der Waals surface area contributed by atoms with Gasteiger partial charge in [-0.15, -0.1) is 0 Å². The maximum absolute atomic E-state index is 14.2. The number of halogens is 3. The molecule has 0 N–H and O–H groups in total. The molecule has 236 valence electrons. The smallest absolute Gasteiger partial charge is 0.459 e. The van der Waals surface area contributed by atoms with Crippen molar-refractivity contribution < 1.29 is 51.2 Å². The maximum Gasteiger partial charge on any atom is 0.468 e. The van der Waals surface area contributed by atoms with E-state index in [1.54, 1.807) is 60.7 Å². The molecule has 0 saturated carbocycles. The Hall–Kier alpha value is -5.49. The molecule has 0 amide bonds. The Morgan fingerprint density at radius 2 is 1.04 bits per heavy atom. The third kappa shape index (κ3) is 8.16. The molecule has 1 fully saturated rings. The van der Waals surface area contributed by atoms with Crippen molar-refractivity contribution in [3.8, 4) is 0 Å². The van der Waals surface area contributed by atoms with E-state index in [9.17, 15) is 27.6 Å². The average Bonchev–Trinajstić information content (AvgIpc) is 3.39. The number of hydrogen-bond acceptors (Lipinski definition) is 9. The van der Waals surface area contributed by atoms with E-state index < -0.39 is 61.2 Å². The molecule has 1 aliphatic rings. The van der Waals surface area contributed by atoms with Crippen LogP contribution >= 0.6 is 0 Å². The zero-order valence-electron chi connectivity index (χ0n) is 23.9. The molecule has 46 heavy (non-hydrogen) atoms. The van der Waals surface area contributed by atoms with Gasteiger partial charge in [0.15, 0.2) is 6.10 Å². The highest BCUT2D eigenvalue weighted by molar-refractivity contribution is 5.91. The molecule has 0 aromatic heterocycles. The average molecular weight is 634 g/mol. The number of rotatable bonds is 9. The van der Waals surface area contributed by atoms with Crippen LogP contribution in [0.4, 0.5) is 18.9 Å². The topological polar surface area (TPSA) is 110 Å². The van der Waals surface area contributed by atoms with Crippen LogP contribution in [0.2, 0.25) is 0 Å². The largest absolute Gasteiger partial charge is 0.468 e. The lowest BCUT2D eigenvalue weighted by molar-refractivity contribution is -0.153. The van der Waals surface area contributed by atoms with E-state index in [1.165, 1.54) is 60.7 Å². The Bertz CT molecular complexity index is 1650. The number of hydrogen-bond donors (Lipinski definition) is 0. The summed E-state index contributed by atoms with van der Waals surface area (Å²) in [5.41, 5.74) is 0.266. The van der Waals surface area contributed by atoms with Crippen molar-refractivity contribution in [2.75, 3.05) is 6.61 Å². The van der Waals surface area contributed by atoms with Gasteiger partial charge in [0.25, 0.3) is 5.90 Å². The molecule has 12 heteroatoms. The molecule has 0 spiro atoms. The Morgan fingerprint density at radius 3 is 1.52 bits per heavy atom. The summed E-state index contributed by atoms with van der Waals surface area (Å²) in [6.45, 7) is -0.600. The fourth-order valence-electron chi connectivity index (χ4n) is 4.42. The summed E-state index contributed by atoms with van der Waals surface area (Å²) < 4.78 is 70.3. The van der Waals surface area contributed by atoms with Gasteiger partial charge in [-0.3, -0.25) is 0 Å². The number of carbonyl (C=O) groups excluding carboxylic acids is 3. The molecule has 0 aliphatic carbocycles. The van der Waals surface area contributed by atoms with Crippen LogP contribution in [0.25, 0.3) is 0 Å². The van der Waals surface area contributed by atoms with E-state index in [0.717, 1.165) is 0 Å². The van der Waals surface area contributed by atoms with Crippen LogP contribution in [0.3, 0.4) is 0 Å². The van der Waals surface area contributed by atoms with Crippen LogP contribution in [0, 0.1) is 0 Å². The maximum atomic E-state index is 14.2. The number of esters is 3. The predicted octanol–water partition coefficient (Wildman–Crippen LogP) is 6.33. The first-order chi connectivity index (χ1) is 22.2. The molecule has 4 aromatic carbocycles. The molecule has 0 bridgehead atoms. The van der Waals surface area contributed by atoms with E-state index in [2.05, 4.69) is 4.99 Å². The zero-order valence-corrected chi connectivity index (χ0v) is 23.9. The number of alkyl halides is 3. The van der Waals surface area contributed by atoms with E-state index in [-0.39, 0.29) is 22.4 Å². The van der Waals surface area contributed by atoms with Gasteiger partial charge < -0.3 is 23.7 Å². The van der Waals surface area contributed by atoms with Crippen LogP contribution < -0.4 is 0 Å². The van der Waals surface area contributed by atoms with E-state index in [0.29, 0.717) is 0 Å². The summed E-state index contributed by atoms with van der Waals surface area (Å²) >= 11 is 0. The fraction of sp³-hybridized carbons (Fsp3) is 0.176. The first-order valence-electron chi connectivity index (χ1n) is 14.0. The highest BCUT2D eigenvalue weighted by Crippen LogP contribution is 2.33. The highest BCUT2D eigenvalue weighted by Gasteiger charge is 2.54. The van der Waals surface area contributed by atoms with Gasteiger partial charge in [-0.25, -0.2) is 19.4 Å². The quantitative estimate of drug-likeness (QED) is 0.0911. The van der Waals surface area contributed by atoms with Gasteiger partial charge in [0.2, 0.25) is 12.4 Å². The van der Waals surface area contributed by atoms with Crippen molar-refractivity contribution in [3.05, 3.63) is 138 Å². The molecular formula is C34H26F3NO8. The summed E-state index contributed by atoms with van der Waals surface area (Å²) in [7, 11) is 0. The van der Waals surface area contributed by atoms with Gasteiger partial charge in [-0.2, -0.15) is 13.2 Å². The minimum absolute atomic E-state index is 0.0577. The summed E-state index contributed by atoms with van der Waals surface area (Å²) in [5.74, 6) is -4.34. The Balaban J connectivity index is 1.49. The summed E-state index contributed by atoms with van der Waals surface area (Å²) in [6, 6.07) is 30.5. The Labute approximate surface area is 261 Å². The minimum Gasteiger partial charge on any atom is -0.459 e. The number of aliphatic imine (C=N–C) groups is 1. The zero-order chi connectivity index (χ0) is 32.5. The molecule has 9 nitrogen and oxygen atoms in total. The van der Waals surface area contributed by atoms with Crippen molar-refractivity contribution in [3.63, 3.8) is 0 Å². The number of nitrogens with zero attached hydrogens (tertiary/aromatic N) is 1. The second kappa shape index (κ2) is 14.5. The van der Waals surface area contributed by atoms with Crippen LogP contribution in [-0.4, -0.2) is 61.2 Å². The lowest BCUT2D eigenvalue weighted by Crippen LogP contribution is -2.43. The van der Waals surface area contributed by atoms with Crippen molar-refractivity contribution in [2.24, 2.45) is 4.99 Å². The van der Waals surface area contributed by atoms with E-state index >= 15 is 0 Å². The van der Waals surface area contributed by atoms with Gasteiger partial charge in [-0.05, 0) is 48.5 Å². The molecule has 4 aromatic rings. The molecule has 4 atom stereocenters. The Kier molecular flexibility index (Phi) is 10.1. The molecular weight excluding hydrogens is 607 g/mol. The monoisotopic (exact) mass is 633 g/mol. The highest BCUT2D eigenvalue weighted by atomic mass is 19.4. The molecule has 1 heterocycles. The van der Waals surface area contributed by atoms with Crippen molar-refractivity contribution in [1.29, 1.82) is 0 Å². The van der Waals surface area contributed by atoms with Crippen LogP contribution in [0.1, 0.15) is 31.1 Å². The van der Waals surface area contributed by atoms with Crippen molar-refractivity contribution in [1.82, 2.24) is 0 Å². The Morgan fingerprint density at radius 1 is 0.609 bits per heavy atom. The van der Waals surface area contributed by atoms with Crippen molar-refractivity contribution >= 4 is 29.5 Å². The predicted molar refractivity (Wildman–Crippen MR) is 157 cm³/mol. The van der Waals surface area contributed by atoms with Gasteiger partial charge >= 0.3 is 24.1 Å². The van der Waals surface area contributed by atoms with Crippen molar-refractivity contribution in [2.45, 2.75) is 30.8 Å². The van der Waals surface area contributed by atoms with E-state index in [4.69, 9.17) is 23.7 Å². The number of carbonyl (C=O) groups is 3. The molecule has 0 radical (unpaired) electrons. The van der Waals surface area contributed by atoms with Gasteiger partial charge in [0.05, 0.1) is 22.4 Å². The minimum atomic E-state index is -5.11. The second-order valence-corrected chi connectivity index (χ2v) is 9.85. The SMILES string of the molecule is O=C(OC[C@H]1OC(OC(=Nc2ccccc2)C(F)(F)F)[C@@H](OC(=O)c2ccccc2)[C@@H]1OC(=O)c1ccccc1)c1ccccc1. The normalized spacial score (nSPS) is 19.6. The summed E-state index contributed by atoms with van der Waals surface area (Å²) in [6.07, 6.45) is -11.9. The molecule has 1 aliphatic heterocycles. The van der Waals surface area contributed by atoms with Crippen LogP contribution in [-0.2, 0) is 23.7 Å². The summed E-state index contributed by atoms with van der Waals surface area (Å²) in [4.78, 5) is 42.6. The van der Waals surface area contributed by atoms with Crippen LogP contribution in [0.15, 0.2) is 126 Å². The third-order valence-electron chi connectivity index (χ3n) is 6.62. The first kappa shape index (κ1) is 31.9. The standard InChI is InChI=1S/C34H26F3NO8/c35-34(36,37)33(38-25-19-11-4-12-20-25)46-32-28(45-31(41)24-17-9-3-10-18-24)27(44-30(40)23-15-7-2-8-16-23)26(43-32)21-42-29(39)22-13-5-1-6-14-22/h1-20,26-28,32H,21H2/t26-,27-,28+,32?/m1/s1. The fourth-order valence-corrected chi connectivity index (χ4v) is 4.42. The van der Waals surface area contributed by atoms with Gasteiger partial charge in [0, 0.05) is 0 Å². The number of para-hydroxylation sites is 1. The summed E-state index contributed by atoms with van der Waals surface area (Å²) in [5, 5.41) is 0. The number of ether oxygens (including phenoxy) is 5. The lowest BCUT2D eigenvalue weighted by atomic mass is 10.1. The first-order valence-corrected chi connectivity index (χ1v) is 14.0. The molecule has 1 saturated heterocycles. The molecule has 1 unspecified atom stereocenters. The van der Waals surface area contributed by atoms with E-state index in [1.807, 2.05) is 0 Å². The van der Waals surface area contributed by atoms with Gasteiger partial charge in [-0.1, -0.05) is 72.8 Å². The van der Waals surface area contributed by atoms with Gasteiger partial charge in [0.1, 0.15) is 12.7 Å².